The highest BCUT2D eigenvalue weighted by molar-refractivity contribution is 6.00. The molecule has 4 nitrogen and oxygen atoms in total. The third-order valence-corrected chi connectivity index (χ3v) is 5.90. The normalized spacial score (nSPS) is 41.1. The van der Waals surface area contributed by atoms with E-state index in [4.69, 9.17) is 0 Å². The van der Waals surface area contributed by atoms with Gasteiger partial charge in [0, 0.05) is 5.41 Å². The Bertz CT molecular complexity index is 375. The van der Waals surface area contributed by atoms with Crippen LogP contribution in [0.2, 0.25) is 0 Å². The maximum Gasteiger partial charge on any atom is 0.321 e. The molecule has 2 unspecified atom stereocenters. The Morgan fingerprint density at radius 3 is 1.83 bits per heavy atom. The second kappa shape index (κ2) is 3.72. The molecule has 0 saturated heterocycles. The van der Waals surface area contributed by atoms with Gasteiger partial charge in [-0.15, -0.1) is 0 Å². The molecule has 100 valence electrons. The first-order valence-electron chi connectivity index (χ1n) is 7.04. The molecule has 0 radical (unpaired) electrons. The van der Waals surface area contributed by atoms with Crippen molar-refractivity contribution in [1.82, 2.24) is 0 Å². The van der Waals surface area contributed by atoms with Gasteiger partial charge in [0.2, 0.25) is 0 Å². The van der Waals surface area contributed by atoms with E-state index >= 15 is 0 Å². The van der Waals surface area contributed by atoms with E-state index in [1.165, 1.54) is 0 Å². The molecule has 0 aliphatic heterocycles. The summed E-state index contributed by atoms with van der Waals surface area (Å²) in [6.45, 7) is 0. The van der Waals surface area contributed by atoms with Gasteiger partial charge in [-0.3, -0.25) is 9.59 Å². The predicted molar refractivity (Wildman–Crippen MR) is 64.1 cm³/mol. The molecule has 0 aromatic rings. The number of rotatable bonds is 2. The van der Waals surface area contributed by atoms with Crippen LogP contribution in [0.3, 0.4) is 0 Å². The van der Waals surface area contributed by atoms with Crippen LogP contribution in [0.15, 0.2) is 0 Å². The zero-order chi connectivity index (χ0) is 13.0. The van der Waals surface area contributed by atoms with Crippen LogP contribution in [0.25, 0.3) is 0 Å². The second-order valence-corrected chi connectivity index (χ2v) is 6.26. The molecular formula is C14H20O4. The Labute approximate surface area is 106 Å². The predicted octanol–water partition coefficient (Wildman–Crippen LogP) is 2.52. The maximum absolute atomic E-state index is 11.7. The molecule has 3 rings (SSSR count). The van der Waals surface area contributed by atoms with Crippen LogP contribution in [0.5, 0.6) is 0 Å². The maximum atomic E-state index is 11.7. The summed E-state index contributed by atoms with van der Waals surface area (Å²) in [7, 11) is 0. The SMILES string of the molecule is O=C(O)C1(C(=O)O)CCCCC12C1CCCCC12. The molecule has 2 atom stereocenters. The minimum atomic E-state index is -1.50. The highest BCUT2D eigenvalue weighted by Gasteiger charge is 2.78. The Morgan fingerprint density at radius 1 is 0.833 bits per heavy atom. The van der Waals surface area contributed by atoms with E-state index in [0.29, 0.717) is 18.3 Å². The lowest BCUT2D eigenvalue weighted by molar-refractivity contribution is -0.175. The highest BCUT2D eigenvalue weighted by atomic mass is 16.4. The quantitative estimate of drug-likeness (QED) is 0.740. The van der Waals surface area contributed by atoms with Crippen molar-refractivity contribution >= 4 is 11.9 Å². The number of hydrogen-bond acceptors (Lipinski definition) is 2. The summed E-state index contributed by atoms with van der Waals surface area (Å²) in [6.07, 6.45) is 7.21. The summed E-state index contributed by atoms with van der Waals surface area (Å²) in [6, 6.07) is 0. The molecule has 3 fully saturated rings. The summed E-state index contributed by atoms with van der Waals surface area (Å²) in [5.74, 6) is -1.47. The summed E-state index contributed by atoms with van der Waals surface area (Å²) < 4.78 is 0. The van der Waals surface area contributed by atoms with Crippen molar-refractivity contribution in [2.45, 2.75) is 51.4 Å². The zero-order valence-electron chi connectivity index (χ0n) is 10.5. The van der Waals surface area contributed by atoms with Gasteiger partial charge in [-0.05, 0) is 37.5 Å². The van der Waals surface area contributed by atoms with Gasteiger partial charge in [0.25, 0.3) is 0 Å². The number of carboxylic acid groups (broad SMARTS) is 2. The van der Waals surface area contributed by atoms with Crippen LogP contribution >= 0.6 is 0 Å². The van der Waals surface area contributed by atoms with Gasteiger partial charge in [-0.1, -0.05) is 25.7 Å². The van der Waals surface area contributed by atoms with Gasteiger partial charge in [-0.2, -0.15) is 0 Å². The minimum absolute atomic E-state index is 0.324. The fourth-order valence-corrected chi connectivity index (χ4v) is 5.21. The number of carboxylic acids is 2. The second-order valence-electron chi connectivity index (χ2n) is 6.26. The van der Waals surface area contributed by atoms with Gasteiger partial charge in [0.1, 0.15) is 0 Å². The topological polar surface area (TPSA) is 74.6 Å². The molecule has 0 aromatic carbocycles. The van der Waals surface area contributed by atoms with Crippen LogP contribution in [0, 0.1) is 22.7 Å². The van der Waals surface area contributed by atoms with Gasteiger partial charge >= 0.3 is 11.9 Å². The van der Waals surface area contributed by atoms with Crippen LogP contribution in [-0.4, -0.2) is 22.2 Å². The minimum Gasteiger partial charge on any atom is -0.480 e. The smallest absolute Gasteiger partial charge is 0.321 e. The van der Waals surface area contributed by atoms with Crippen molar-refractivity contribution < 1.29 is 19.8 Å². The molecule has 0 bridgehead atoms. The lowest BCUT2D eigenvalue weighted by Gasteiger charge is -2.39. The molecule has 0 heterocycles. The molecule has 4 heteroatoms. The highest BCUT2D eigenvalue weighted by Crippen LogP contribution is 2.77. The fraction of sp³-hybridized carbons (Fsp3) is 0.857. The van der Waals surface area contributed by atoms with Crippen molar-refractivity contribution in [1.29, 1.82) is 0 Å². The molecule has 18 heavy (non-hydrogen) atoms. The van der Waals surface area contributed by atoms with Crippen molar-refractivity contribution in [3.63, 3.8) is 0 Å². The Kier molecular flexibility index (Phi) is 2.48. The first kappa shape index (κ1) is 12.0. The number of aliphatic carboxylic acids is 2. The largest absolute Gasteiger partial charge is 0.480 e. The van der Waals surface area contributed by atoms with E-state index < -0.39 is 22.8 Å². The van der Waals surface area contributed by atoms with Crippen LogP contribution in [0.1, 0.15) is 51.4 Å². The molecule has 0 amide bonds. The van der Waals surface area contributed by atoms with Crippen molar-refractivity contribution in [2.75, 3.05) is 0 Å². The molecule has 0 aromatic heterocycles. The van der Waals surface area contributed by atoms with Crippen LogP contribution in [-0.2, 0) is 9.59 Å². The first-order valence-corrected chi connectivity index (χ1v) is 7.04. The lowest BCUT2D eigenvalue weighted by Crippen LogP contribution is -2.50. The Balaban J connectivity index is 2.05. The standard InChI is InChI=1S/C14H20O4/c15-11(16)14(12(17)18)8-4-3-7-13(14)9-5-1-2-6-10(9)13/h9-10H,1-8H2,(H,15,16)(H,17,18). The van der Waals surface area contributed by atoms with E-state index in [0.717, 1.165) is 44.9 Å². The number of fused-ring (bicyclic) bond motifs is 3. The van der Waals surface area contributed by atoms with Gasteiger partial charge in [0.15, 0.2) is 5.41 Å². The van der Waals surface area contributed by atoms with E-state index in [2.05, 4.69) is 0 Å². The third-order valence-electron chi connectivity index (χ3n) is 5.90. The summed E-state index contributed by atoms with van der Waals surface area (Å²) >= 11 is 0. The van der Waals surface area contributed by atoms with Gasteiger partial charge in [-0.25, -0.2) is 0 Å². The summed E-state index contributed by atoms with van der Waals surface area (Å²) in [5, 5.41) is 19.2. The van der Waals surface area contributed by atoms with Gasteiger partial charge < -0.3 is 10.2 Å². The third kappa shape index (κ3) is 1.16. The molecule has 3 aliphatic rings. The molecule has 2 N–H and O–H groups in total. The van der Waals surface area contributed by atoms with E-state index in [9.17, 15) is 19.8 Å². The summed E-state index contributed by atoms with van der Waals surface area (Å²) in [4.78, 5) is 23.5. The van der Waals surface area contributed by atoms with E-state index in [1.54, 1.807) is 0 Å². The van der Waals surface area contributed by atoms with Gasteiger partial charge in [0.05, 0.1) is 0 Å². The number of hydrogen-bond donors (Lipinski definition) is 2. The van der Waals surface area contributed by atoms with Crippen LogP contribution < -0.4 is 0 Å². The van der Waals surface area contributed by atoms with Crippen molar-refractivity contribution in [2.24, 2.45) is 22.7 Å². The number of carbonyl (C=O) groups is 2. The van der Waals surface area contributed by atoms with E-state index in [1.807, 2.05) is 0 Å². The summed E-state index contributed by atoms with van der Waals surface area (Å²) in [5.41, 5.74) is -1.91. The molecule has 1 spiro atoms. The van der Waals surface area contributed by atoms with E-state index in [-0.39, 0.29) is 0 Å². The average Bonchev–Trinajstić information content (AvgIpc) is 2.99. The molecule has 3 saturated carbocycles. The average molecular weight is 252 g/mol. The Hall–Kier alpha value is -1.06. The molecular weight excluding hydrogens is 232 g/mol. The lowest BCUT2D eigenvalue weighted by atomic mass is 9.61. The van der Waals surface area contributed by atoms with Crippen molar-refractivity contribution in [3.05, 3.63) is 0 Å². The molecule has 3 aliphatic carbocycles. The Morgan fingerprint density at radius 2 is 1.33 bits per heavy atom. The zero-order valence-corrected chi connectivity index (χ0v) is 10.5. The van der Waals surface area contributed by atoms with Crippen LogP contribution in [0.4, 0.5) is 0 Å². The van der Waals surface area contributed by atoms with Crippen molar-refractivity contribution in [3.8, 4) is 0 Å². The first-order chi connectivity index (χ1) is 8.57. The fourth-order valence-electron chi connectivity index (χ4n) is 5.21. The monoisotopic (exact) mass is 252 g/mol.